The number of anilines is 1. The van der Waals surface area contributed by atoms with Crippen LogP contribution in [0, 0.1) is 6.92 Å². The minimum absolute atomic E-state index is 0.177. The fourth-order valence-electron chi connectivity index (χ4n) is 3.37. The Labute approximate surface area is 201 Å². The van der Waals surface area contributed by atoms with Crippen LogP contribution in [0.5, 0.6) is 0 Å². The van der Waals surface area contributed by atoms with Crippen molar-refractivity contribution in [3.8, 4) is 0 Å². The molecule has 0 aliphatic rings. The molecule has 0 bridgehead atoms. The first-order valence-corrected chi connectivity index (χ1v) is 13.1. The Morgan fingerprint density at radius 2 is 1.82 bits per heavy atom. The zero-order valence-corrected chi connectivity index (χ0v) is 21.1. The van der Waals surface area contributed by atoms with Crippen molar-refractivity contribution < 1.29 is 18.0 Å². The van der Waals surface area contributed by atoms with E-state index in [0.29, 0.717) is 11.6 Å². The fraction of sp³-hybridized carbons (Fsp3) is 0.417. The number of unbranched alkanes of at least 4 members (excludes halogenated alkanes) is 1. The van der Waals surface area contributed by atoms with E-state index >= 15 is 0 Å². The van der Waals surface area contributed by atoms with Gasteiger partial charge >= 0.3 is 0 Å². The number of carbonyl (C=O) groups excluding carboxylic acids is 2. The normalized spacial score (nSPS) is 12.2. The van der Waals surface area contributed by atoms with E-state index in [1.807, 2.05) is 38.1 Å². The first kappa shape index (κ1) is 26.7. The van der Waals surface area contributed by atoms with Crippen LogP contribution in [-0.2, 0) is 26.2 Å². The maximum Gasteiger partial charge on any atom is 0.244 e. The fourth-order valence-corrected chi connectivity index (χ4v) is 4.40. The molecular formula is C24H32ClN3O4S. The van der Waals surface area contributed by atoms with E-state index in [0.717, 1.165) is 34.5 Å². The third kappa shape index (κ3) is 8.05. The molecule has 2 rings (SSSR count). The van der Waals surface area contributed by atoms with Gasteiger partial charge in [-0.25, -0.2) is 8.42 Å². The maximum absolute atomic E-state index is 13.4. The predicted octanol–water partition coefficient (Wildman–Crippen LogP) is 3.75. The van der Waals surface area contributed by atoms with E-state index in [4.69, 9.17) is 11.6 Å². The van der Waals surface area contributed by atoms with Gasteiger partial charge in [0.15, 0.2) is 0 Å². The average molecular weight is 494 g/mol. The Bertz CT molecular complexity index is 1070. The molecule has 2 aromatic carbocycles. The second kappa shape index (κ2) is 12.0. The van der Waals surface area contributed by atoms with Crippen LogP contribution in [0.25, 0.3) is 0 Å². The van der Waals surface area contributed by atoms with E-state index in [2.05, 4.69) is 5.32 Å². The Morgan fingerprint density at radius 1 is 1.12 bits per heavy atom. The molecule has 7 nitrogen and oxygen atoms in total. The molecule has 0 saturated carbocycles. The first-order valence-electron chi connectivity index (χ1n) is 10.9. The lowest BCUT2D eigenvalue weighted by molar-refractivity contribution is -0.139. The predicted molar refractivity (Wildman–Crippen MR) is 133 cm³/mol. The molecule has 0 aliphatic heterocycles. The number of hydrogen-bond acceptors (Lipinski definition) is 4. The zero-order valence-electron chi connectivity index (χ0n) is 19.5. The number of halogens is 1. The van der Waals surface area contributed by atoms with Gasteiger partial charge in [0.05, 0.1) is 11.9 Å². The lowest BCUT2D eigenvalue weighted by Crippen LogP contribution is -2.51. The van der Waals surface area contributed by atoms with Gasteiger partial charge in [0.2, 0.25) is 21.8 Å². The second-order valence-electron chi connectivity index (χ2n) is 8.08. The summed E-state index contributed by atoms with van der Waals surface area (Å²) in [4.78, 5) is 27.6. The minimum Gasteiger partial charge on any atom is -0.354 e. The highest BCUT2D eigenvalue weighted by Crippen LogP contribution is 2.22. The molecule has 2 aromatic rings. The van der Waals surface area contributed by atoms with Gasteiger partial charge in [-0.1, -0.05) is 60.8 Å². The number of carbonyl (C=O) groups is 2. The summed E-state index contributed by atoms with van der Waals surface area (Å²) in [5.74, 6) is -0.766. The van der Waals surface area contributed by atoms with Gasteiger partial charge in [0.1, 0.15) is 12.6 Å². The Hall–Kier alpha value is -2.58. The van der Waals surface area contributed by atoms with E-state index < -0.39 is 28.5 Å². The van der Waals surface area contributed by atoms with E-state index in [-0.39, 0.29) is 18.1 Å². The summed E-state index contributed by atoms with van der Waals surface area (Å²) < 4.78 is 26.0. The monoisotopic (exact) mass is 493 g/mol. The molecule has 0 radical (unpaired) electrons. The SMILES string of the molecule is CCCCNC(=O)[C@@H](C)N(Cc1cccc(C)c1)C(=O)CN(c1cccc(Cl)c1)S(C)(=O)=O. The summed E-state index contributed by atoms with van der Waals surface area (Å²) in [7, 11) is -3.78. The zero-order chi connectivity index (χ0) is 24.6. The topological polar surface area (TPSA) is 86.8 Å². The molecule has 0 spiro atoms. The van der Waals surface area contributed by atoms with Crippen molar-refractivity contribution in [3.05, 3.63) is 64.7 Å². The highest BCUT2D eigenvalue weighted by atomic mass is 35.5. The molecule has 1 N–H and O–H groups in total. The van der Waals surface area contributed by atoms with Gasteiger partial charge in [-0.2, -0.15) is 0 Å². The van der Waals surface area contributed by atoms with Crippen molar-refractivity contribution in [1.82, 2.24) is 10.2 Å². The Kier molecular flexibility index (Phi) is 9.73. The summed E-state index contributed by atoms with van der Waals surface area (Å²) in [5.41, 5.74) is 2.16. The first-order chi connectivity index (χ1) is 15.5. The summed E-state index contributed by atoms with van der Waals surface area (Å²) in [6.45, 7) is 5.87. The number of rotatable bonds is 11. The van der Waals surface area contributed by atoms with Gasteiger partial charge in [-0.05, 0) is 44.0 Å². The molecule has 0 fully saturated rings. The summed E-state index contributed by atoms with van der Waals surface area (Å²) in [5, 5.41) is 3.21. The van der Waals surface area contributed by atoms with E-state index in [1.165, 1.54) is 11.0 Å². The van der Waals surface area contributed by atoms with Crippen LogP contribution in [0.2, 0.25) is 5.02 Å². The van der Waals surface area contributed by atoms with Crippen molar-refractivity contribution in [1.29, 1.82) is 0 Å². The van der Waals surface area contributed by atoms with Gasteiger partial charge in [-0.15, -0.1) is 0 Å². The number of amides is 2. The van der Waals surface area contributed by atoms with Crippen molar-refractivity contribution in [2.75, 3.05) is 23.7 Å². The van der Waals surface area contributed by atoms with Gasteiger partial charge in [-0.3, -0.25) is 13.9 Å². The number of aryl methyl sites for hydroxylation is 1. The molecule has 0 aliphatic carbocycles. The molecular weight excluding hydrogens is 462 g/mol. The molecule has 0 aromatic heterocycles. The lowest BCUT2D eigenvalue weighted by atomic mass is 10.1. The smallest absolute Gasteiger partial charge is 0.244 e. The lowest BCUT2D eigenvalue weighted by Gasteiger charge is -2.31. The van der Waals surface area contributed by atoms with E-state index in [9.17, 15) is 18.0 Å². The molecule has 33 heavy (non-hydrogen) atoms. The Balaban J connectivity index is 2.34. The van der Waals surface area contributed by atoms with Gasteiger partial charge in [0.25, 0.3) is 0 Å². The van der Waals surface area contributed by atoms with Gasteiger partial charge < -0.3 is 10.2 Å². The molecule has 0 saturated heterocycles. The summed E-state index contributed by atoms with van der Waals surface area (Å²) in [6.07, 6.45) is 2.80. The van der Waals surface area contributed by atoms with Crippen molar-refractivity contribution in [2.24, 2.45) is 0 Å². The van der Waals surface area contributed by atoms with Crippen molar-refractivity contribution in [2.45, 2.75) is 46.2 Å². The van der Waals surface area contributed by atoms with Crippen LogP contribution in [0.3, 0.4) is 0 Å². The van der Waals surface area contributed by atoms with Crippen molar-refractivity contribution >= 4 is 39.1 Å². The third-order valence-corrected chi connectivity index (χ3v) is 6.58. The standard InChI is InChI=1S/C24H32ClN3O4S/c1-5-6-13-26-24(30)19(3)27(16-20-10-7-9-18(2)14-20)23(29)17-28(33(4,31)32)22-12-8-11-21(25)15-22/h7-12,14-15,19H,5-6,13,16-17H2,1-4H3,(H,26,30)/t19-/m1/s1. The number of benzene rings is 2. The number of sulfonamides is 1. The van der Waals surface area contributed by atoms with Crippen LogP contribution in [0.4, 0.5) is 5.69 Å². The summed E-state index contributed by atoms with van der Waals surface area (Å²) in [6, 6.07) is 13.2. The van der Waals surface area contributed by atoms with Crippen LogP contribution < -0.4 is 9.62 Å². The van der Waals surface area contributed by atoms with Crippen LogP contribution in [0.15, 0.2) is 48.5 Å². The van der Waals surface area contributed by atoms with Crippen LogP contribution >= 0.6 is 11.6 Å². The maximum atomic E-state index is 13.4. The summed E-state index contributed by atoms with van der Waals surface area (Å²) >= 11 is 6.04. The van der Waals surface area contributed by atoms with Crippen molar-refractivity contribution in [3.63, 3.8) is 0 Å². The second-order valence-corrected chi connectivity index (χ2v) is 10.4. The van der Waals surface area contributed by atoms with E-state index in [1.54, 1.807) is 25.1 Å². The molecule has 2 amide bonds. The largest absolute Gasteiger partial charge is 0.354 e. The quantitative estimate of drug-likeness (QED) is 0.483. The highest BCUT2D eigenvalue weighted by Gasteiger charge is 2.30. The number of hydrogen-bond donors (Lipinski definition) is 1. The molecule has 180 valence electrons. The number of nitrogens with zero attached hydrogens (tertiary/aromatic N) is 2. The molecule has 1 atom stereocenters. The third-order valence-electron chi connectivity index (χ3n) is 5.21. The average Bonchev–Trinajstić information content (AvgIpc) is 2.74. The Morgan fingerprint density at radius 3 is 2.42 bits per heavy atom. The van der Waals surface area contributed by atoms with Crippen LogP contribution in [-0.4, -0.2) is 50.5 Å². The molecule has 0 unspecified atom stereocenters. The highest BCUT2D eigenvalue weighted by molar-refractivity contribution is 7.92. The molecule has 0 heterocycles. The molecule has 9 heteroatoms. The van der Waals surface area contributed by atoms with Crippen LogP contribution in [0.1, 0.15) is 37.8 Å². The van der Waals surface area contributed by atoms with Gasteiger partial charge in [0, 0.05) is 18.1 Å². The minimum atomic E-state index is -3.78. The number of nitrogens with one attached hydrogen (secondary N) is 1.